The maximum Gasteiger partial charge on any atom is 0.338 e. The quantitative estimate of drug-likeness (QED) is 0.624. The van der Waals surface area contributed by atoms with Crippen LogP contribution in [0.15, 0.2) is 41.0 Å². The summed E-state index contributed by atoms with van der Waals surface area (Å²) in [6, 6.07) is 9.14. The number of anilines is 1. The molecule has 1 saturated carbocycles. The fourth-order valence-electron chi connectivity index (χ4n) is 4.97. The number of aromatic nitrogens is 3. The van der Waals surface area contributed by atoms with Crippen LogP contribution in [0.5, 0.6) is 0 Å². The molecule has 2 aliphatic carbocycles. The first-order chi connectivity index (χ1) is 13.6. The lowest BCUT2D eigenvalue weighted by atomic mass is 9.75. The number of nitrogen functional groups attached to an aromatic ring is 1. The number of hydrogen-bond acceptors (Lipinski definition) is 5. The van der Waals surface area contributed by atoms with Gasteiger partial charge in [-0.1, -0.05) is 31.0 Å². The number of nitrogens with zero attached hydrogens (tertiary/aromatic N) is 3. The molecule has 1 fully saturated rings. The van der Waals surface area contributed by atoms with Crippen molar-refractivity contribution in [2.45, 2.75) is 37.5 Å². The van der Waals surface area contributed by atoms with Gasteiger partial charge in [0.25, 0.3) is 0 Å². The Morgan fingerprint density at radius 1 is 1.29 bits per heavy atom. The zero-order valence-corrected chi connectivity index (χ0v) is 17.0. The van der Waals surface area contributed by atoms with Gasteiger partial charge in [-0.3, -0.25) is 0 Å². The summed E-state index contributed by atoms with van der Waals surface area (Å²) in [5.41, 5.74) is 9.89. The number of ether oxygens (including phenoxy) is 1. The number of benzene rings is 1. The smallest absolute Gasteiger partial charge is 0.338 e. The number of hydrogen-bond donors (Lipinski definition) is 1. The van der Waals surface area contributed by atoms with E-state index in [0.29, 0.717) is 18.0 Å². The second-order valence-corrected chi connectivity index (χ2v) is 8.64. The van der Waals surface area contributed by atoms with E-state index < -0.39 is 0 Å². The molecule has 0 saturated heterocycles. The molecule has 5 rings (SSSR count). The van der Waals surface area contributed by atoms with Crippen LogP contribution in [0, 0.1) is 5.92 Å². The van der Waals surface area contributed by atoms with Crippen molar-refractivity contribution in [2.75, 3.05) is 12.3 Å². The number of esters is 1. The lowest BCUT2D eigenvalue weighted by molar-refractivity contribution is 0.0377. The zero-order valence-electron chi connectivity index (χ0n) is 15.4. The Hall–Kier alpha value is -2.41. The van der Waals surface area contributed by atoms with Gasteiger partial charge in [0, 0.05) is 16.9 Å². The van der Waals surface area contributed by atoms with Gasteiger partial charge in [0.2, 0.25) is 0 Å². The molecular weight excluding hydrogens is 420 g/mol. The van der Waals surface area contributed by atoms with Crippen molar-refractivity contribution in [1.29, 1.82) is 0 Å². The molecule has 0 amide bonds. The molecule has 3 aromatic rings. The molecule has 2 N–H and O–H groups in total. The van der Waals surface area contributed by atoms with Crippen molar-refractivity contribution < 1.29 is 9.53 Å². The van der Waals surface area contributed by atoms with Crippen LogP contribution in [0.3, 0.4) is 0 Å². The van der Waals surface area contributed by atoms with Crippen molar-refractivity contribution in [3.63, 3.8) is 0 Å². The number of fused-ring (bicyclic) bond motifs is 3. The predicted octanol–water partition coefficient (Wildman–Crippen LogP) is 3.92. The Balaban J connectivity index is 1.48. The Bertz CT molecular complexity index is 1060. The predicted molar refractivity (Wildman–Crippen MR) is 109 cm³/mol. The van der Waals surface area contributed by atoms with Gasteiger partial charge < -0.3 is 10.5 Å². The van der Waals surface area contributed by atoms with Crippen LogP contribution in [0.2, 0.25) is 0 Å². The summed E-state index contributed by atoms with van der Waals surface area (Å²) in [5.74, 6) is 0.565. The van der Waals surface area contributed by atoms with Crippen molar-refractivity contribution in [1.82, 2.24) is 14.6 Å². The van der Waals surface area contributed by atoms with Gasteiger partial charge in [-0.25, -0.2) is 9.78 Å². The average molecular weight is 441 g/mol. The van der Waals surface area contributed by atoms with E-state index in [2.05, 4.69) is 21.0 Å². The lowest BCUT2D eigenvalue weighted by Gasteiger charge is -2.31. The van der Waals surface area contributed by atoms with E-state index in [1.165, 1.54) is 0 Å². The Morgan fingerprint density at radius 3 is 2.79 bits per heavy atom. The summed E-state index contributed by atoms with van der Waals surface area (Å²) in [6.07, 6.45) is 6.94. The van der Waals surface area contributed by atoms with Gasteiger partial charge in [-0.15, -0.1) is 0 Å². The first kappa shape index (κ1) is 17.7. The van der Waals surface area contributed by atoms with E-state index in [4.69, 9.17) is 15.5 Å². The highest BCUT2D eigenvalue weighted by molar-refractivity contribution is 9.10. The first-order valence-corrected chi connectivity index (χ1v) is 10.4. The van der Waals surface area contributed by atoms with E-state index in [-0.39, 0.29) is 17.3 Å². The molecule has 7 heteroatoms. The molecule has 1 atom stereocenters. The normalized spacial score (nSPS) is 20.0. The van der Waals surface area contributed by atoms with Crippen LogP contribution in [-0.2, 0) is 16.6 Å². The molecule has 1 spiro atoms. The van der Waals surface area contributed by atoms with Gasteiger partial charge in [0.05, 0.1) is 28.5 Å². The fourth-order valence-corrected chi connectivity index (χ4v) is 5.32. The van der Waals surface area contributed by atoms with Crippen LogP contribution in [0.25, 0.3) is 5.65 Å². The van der Waals surface area contributed by atoms with Crippen LogP contribution < -0.4 is 5.73 Å². The minimum Gasteiger partial charge on any atom is -0.462 e. The van der Waals surface area contributed by atoms with Crippen LogP contribution >= 0.6 is 15.9 Å². The standard InChI is InChI=1S/C21H21BrN4O2/c22-16-11-24-26-18(23)15-10-14(12-28-20(27)13-6-2-1-3-7-13)21(8-4-5-9-21)17(15)25-19(16)26/h1-3,6-7,11,14H,4-5,8-10,12,23H2. The monoisotopic (exact) mass is 440 g/mol. The van der Waals surface area contributed by atoms with E-state index >= 15 is 0 Å². The second-order valence-electron chi connectivity index (χ2n) is 7.78. The van der Waals surface area contributed by atoms with E-state index in [9.17, 15) is 4.79 Å². The van der Waals surface area contributed by atoms with E-state index in [1.54, 1.807) is 22.8 Å². The maximum atomic E-state index is 12.5. The molecule has 144 valence electrons. The van der Waals surface area contributed by atoms with Gasteiger partial charge in [0.1, 0.15) is 5.82 Å². The molecule has 1 unspecified atom stereocenters. The highest BCUT2D eigenvalue weighted by Crippen LogP contribution is 2.54. The van der Waals surface area contributed by atoms with Gasteiger partial charge in [-0.2, -0.15) is 9.61 Å². The topological polar surface area (TPSA) is 82.5 Å². The fraction of sp³-hybridized carbons (Fsp3) is 0.381. The third-order valence-electron chi connectivity index (χ3n) is 6.37. The minimum atomic E-state index is -0.275. The number of carbonyl (C=O) groups is 1. The Labute approximate surface area is 171 Å². The summed E-state index contributed by atoms with van der Waals surface area (Å²) >= 11 is 3.53. The van der Waals surface area contributed by atoms with Crippen molar-refractivity contribution in [2.24, 2.45) is 5.92 Å². The first-order valence-electron chi connectivity index (χ1n) is 9.64. The number of nitrogens with two attached hydrogens (primary N) is 1. The van der Waals surface area contributed by atoms with E-state index in [0.717, 1.165) is 53.5 Å². The third-order valence-corrected chi connectivity index (χ3v) is 6.93. The summed E-state index contributed by atoms with van der Waals surface area (Å²) in [4.78, 5) is 17.4. The zero-order chi connectivity index (χ0) is 19.3. The molecule has 6 nitrogen and oxygen atoms in total. The van der Waals surface area contributed by atoms with Crippen LogP contribution in [0.1, 0.15) is 47.3 Å². The third kappa shape index (κ3) is 2.56. The summed E-state index contributed by atoms with van der Waals surface area (Å²) in [5, 5.41) is 4.35. The Kier molecular flexibility index (Phi) is 4.16. The van der Waals surface area contributed by atoms with Gasteiger partial charge in [0.15, 0.2) is 5.65 Å². The van der Waals surface area contributed by atoms with Gasteiger partial charge in [-0.05, 0) is 47.3 Å². The largest absolute Gasteiger partial charge is 0.462 e. The highest BCUT2D eigenvalue weighted by Gasteiger charge is 2.51. The molecule has 2 aromatic heterocycles. The molecule has 2 heterocycles. The second kappa shape index (κ2) is 6.58. The van der Waals surface area contributed by atoms with Crippen molar-refractivity contribution >= 4 is 33.4 Å². The number of halogens is 1. The van der Waals surface area contributed by atoms with Crippen molar-refractivity contribution in [3.8, 4) is 0 Å². The molecule has 0 bridgehead atoms. The van der Waals surface area contributed by atoms with Crippen LogP contribution in [-0.4, -0.2) is 27.2 Å². The molecule has 28 heavy (non-hydrogen) atoms. The molecule has 0 radical (unpaired) electrons. The maximum absolute atomic E-state index is 12.5. The molecular formula is C21H21BrN4O2. The average Bonchev–Trinajstić information content (AvgIpc) is 3.42. The minimum absolute atomic E-state index is 0.0636. The summed E-state index contributed by atoms with van der Waals surface area (Å²) in [7, 11) is 0. The summed E-state index contributed by atoms with van der Waals surface area (Å²) in [6.45, 7) is 0.382. The van der Waals surface area contributed by atoms with E-state index in [1.807, 2.05) is 18.2 Å². The molecule has 1 aromatic carbocycles. The summed E-state index contributed by atoms with van der Waals surface area (Å²) < 4.78 is 8.27. The molecule has 2 aliphatic rings. The van der Waals surface area contributed by atoms with Crippen LogP contribution in [0.4, 0.5) is 5.82 Å². The lowest BCUT2D eigenvalue weighted by Crippen LogP contribution is -2.33. The SMILES string of the molecule is Nc1c2c(nc3c(Br)cnn13)C1(CCCC1)C(COC(=O)c1ccccc1)C2. The van der Waals surface area contributed by atoms with Crippen molar-refractivity contribution in [3.05, 3.63) is 57.8 Å². The van der Waals surface area contributed by atoms with Gasteiger partial charge >= 0.3 is 5.97 Å². The number of rotatable bonds is 3. The molecule has 0 aliphatic heterocycles. The Morgan fingerprint density at radius 2 is 2.04 bits per heavy atom. The number of carbonyl (C=O) groups excluding carboxylic acids is 1. The highest BCUT2D eigenvalue weighted by atomic mass is 79.9.